The maximum atomic E-state index is 12.6. The molecule has 0 saturated carbocycles. The summed E-state index contributed by atoms with van der Waals surface area (Å²) in [6.45, 7) is 0. The number of benzene rings is 1. The Kier molecular flexibility index (Phi) is 2.50. The average molecular weight is 211 g/mol. The Morgan fingerprint density at radius 3 is 2.57 bits per heavy atom. The van der Waals surface area contributed by atoms with E-state index in [1.54, 1.807) is 18.3 Å². The van der Waals surface area contributed by atoms with Gasteiger partial charge in [0.25, 0.3) is 0 Å². The van der Waals surface area contributed by atoms with Gasteiger partial charge in [-0.25, -0.2) is 9.37 Å². The van der Waals surface area contributed by atoms with E-state index in [2.05, 4.69) is 9.97 Å². The van der Waals surface area contributed by atoms with Gasteiger partial charge in [-0.3, -0.25) is 0 Å². The molecule has 14 heavy (non-hydrogen) atoms. The minimum absolute atomic E-state index is 0.252. The van der Waals surface area contributed by atoms with Crippen LogP contribution in [0.15, 0.2) is 30.5 Å². The fourth-order valence-corrected chi connectivity index (χ4v) is 1.32. The zero-order valence-corrected chi connectivity index (χ0v) is 8.05. The van der Waals surface area contributed by atoms with Crippen LogP contribution in [0.1, 0.15) is 5.69 Å². The van der Waals surface area contributed by atoms with Crippen molar-refractivity contribution in [3.63, 3.8) is 0 Å². The van der Waals surface area contributed by atoms with Gasteiger partial charge in [0.05, 0.1) is 5.88 Å². The second-order valence-electron chi connectivity index (χ2n) is 2.90. The first-order valence-electron chi connectivity index (χ1n) is 4.15. The SMILES string of the molecule is Fc1ccc(-c2ncc(CCl)[nH]2)cc1. The lowest BCUT2D eigenvalue weighted by Gasteiger charge is -1.95. The fraction of sp³-hybridized carbons (Fsp3) is 0.100. The molecule has 1 aromatic carbocycles. The lowest BCUT2D eigenvalue weighted by molar-refractivity contribution is 0.628. The van der Waals surface area contributed by atoms with E-state index < -0.39 is 0 Å². The van der Waals surface area contributed by atoms with Crippen molar-refractivity contribution in [1.82, 2.24) is 9.97 Å². The molecule has 0 spiro atoms. The maximum absolute atomic E-state index is 12.6. The number of nitrogens with one attached hydrogen (secondary N) is 1. The van der Waals surface area contributed by atoms with Gasteiger partial charge in [0.15, 0.2) is 0 Å². The maximum Gasteiger partial charge on any atom is 0.137 e. The van der Waals surface area contributed by atoms with Crippen molar-refractivity contribution in [3.8, 4) is 11.4 Å². The highest BCUT2D eigenvalue weighted by Crippen LogP contribution is 2.16. The Hall–Kier alpha value is -1.35. The Labute approximate surface area is 85.8 Å². The molecule has 0 aliphatic carbocycles. The first-order valence-corrected chi connectivity index (χ1v) is 4.69. The van der Waals surface area contributed by atoms with Crippen LogP contribution in [0.4, 0.5) is 4.39 Å². The predicted molar refractivity (Wildman–Crippen MR) is 53.5 cm³/mol. The highest BCUT2D eigenvalue weighted by atomic mass is 35.5. The first kappa shape index (κ1) is 9.21. The zero-order chi connectivity index (χ0) is 9.97. The second-order valence-corrected chi connectivity index (χ2v) is 3.16. The van der Waals surface area contributed by atoms with Crippen LogP contribution >= 0.6 is 11.6 Å². The predicted octanol–water partition coefficient (Wildman–Crippen LogP) is 2.95. The van der Waals surface area contributed by atoms with Gasteiger partial charge in [0, 0.05) is 17.5 Å². The number of alkyl halides is 1. The fourth-order valence-electron chi connectivity index (χ4n) is 1.18. The van der Waals surface area contributed by atoms with Crippen LogP contribution in [0.3, 0.4) is 0 Å². The average Bonchev–Trinajstić information content (AvgIpc) is 2.67. The highest BCUT2D eigenvalue weighted by Gasteiger charge is 2.02. The standard InChI is InChI=1S/C10H8ClFN2/c11-5-9-6-13-10(14-9)7-1-3-8(12)4-2-7/h1-4,6H,5H2,(H,13,14). The lowest BCUT2D eigenvalue weighted by atomic mass is 10.2. The normalized spacial score (nSPS) is 10.4. The van der Waals surface area contributed by atoms with E-state index in [1.807, 2.05) is 0 Å². The molecule has 1 N–H and O–H groups in total. The second kappa shape index (κ2) is 3.80. The lowest BCUT2D eigenvalue weighted by Crippen LogP contribution is -1.82. The third kappa shape index (κ3) is 1.77. The molecule has 2 aromatic rings. The summed E-state index contributed by atoms with van der Waals surface area (Å²) >= 11 is 5.62. The van der Waals surface area contributed by atoms with E-state index in [4.69, 9.17) is 11.6 Å². The van der Waals surface area contributed by atoms with Gasteiger partial charge in [0.2, 0.25) is 0 Å². The minimum atomic E-state index is -0.252. The van der Waals surface area contributed by atoms with E-state index in [0.29, 0.717) is 11.7 Å². The molecule has 0 aliphatic heterocycles. The Balaban J connectivity index is 2.34. The Bertz CT molecular complexity index is 422. The number of hydrogen-bond donors (Lipinski definition) is 1. The summed E-state index contributed by atoms with van der Waals surface area (Å²) in [5.74, 6) is 0.854. The van der Waals surface area contributed by atoms with Crippen LogP contribution in [0.25, 0.3) is 11.4 Å². The highest BCUT2D eigenvalue weighted by molar-refractivity contribution is 6.16. The summed E-state index contributed by atoms with van der Waals surface area (Å²) in [6, 6.07) is 6.15. The minimum Gasteiger partial charge on any atom is -0.341 e. The number of imidazole rings is 1. The molecule has 1 aromatic heterocycles. The summed E-state index contributed by atoms with van der Waals surface area (Å²) in [5, 5.41) is 0. The third-order valence-electron chi connectivity index (χ3n) is 1.89. The van der Waals surface area contributed by atoms with E-state index in [-0.39, 0.29) is 5.82 Å². The Morgan fingerprint density at radius 2 is 2.00 bits per heavy atom. The molecule has 2 nitrogen and oxygen atoms in total. The van der Waals surface area contributed by atoms with Crippen LogP contribution in [-0.2, 0) is 5.88 Å². The number of H-pyrrole nitrogens is 1. The summed E-state index contributed by atoms with van der Waals surface area (Å²) in [5.41, 5.74) is 1.70. The number of nitrogens with zero attached hydrogens (tertiary/aromatic N) is 1. The number of hydrogen-bond acceptors (Lipinski definition) is 1. The summed E-state index contributed by atoms with van der Waals surface area (Å²) in [4.78, 5) is 7.16. The van der Waals surface area contributed by atoms with Gasteiger partial charge in [-0.2, -0.15) is 0 Å². The van der Waals surface area contributed by atoms with Gasteiger partial charge >= 0.3 is 0 Å². The van der Waals surface area contributed by atoms with Gasteiger partial charge in [-0.15, -0.1) is 11.6 Å². The molecule has 0 atom stereocenters. The van der Waals surface area contributed by atoms with E-state index in [0.717, 1.165) is 11.3 Å². The molecule has 1 heterocycles. The van der Waals surface area contributed by atoms with Crippen molar-refractivity contribution in [3.05, 3.63) is 42.0 Å². The molecule has 0 saturated heterocycles. The molecule has 0 unspecified atom stereocenters. The van der Waals surface area contributed by atoms with Crippen molar-refractivity contribution < 1.29 is 4.39 Å². The molecule has 0 bridgehead atoms. The molecule has 0 radical (unpaired) electrons. The van der Waals surface area contributed by atoms with Crippen LogP contribution in [-0.4, -0.2) is 9.97 Å². The van der Waals surface area contributed by atoms with E-state index >= 15 is 0 Å². The first-order chi connectivity index (χ1) is 6.79. The topological polar surface area (TPSA) is 28.7 Å². The van der Waals surface area contributed by atoms with Gasteiger partial charge in [-0.1, -0.05) is 0 Å². The van der Waals surface area contributed by atoms with Crippen molar-refractivity contribution >= 4 is 11.6 Å². The van der Waals surface area contributed by atoms with Gasteiger partial charge in [-0.05, 0) is 24.3 Å². The number of aromatic amines is 1. The van der Waals surface area contributed by atoms with Crippen LogP contribution < -0.4 is 0 Å². The van der Waals surface area contributed by atoms with Crippen molar-refractivity contribution in [1.29, 1.82) is 0 Å². The number of aromatic nitrogens is 2. The zero-order valence-electron chi connectivity index (χ0n) is 7.30. The molecular weight excluding hydrogens is 203 g/mol. The van der Waals surface area contributed by atoms with Gasteiger partial charge < -0.3 is 4.98 Å². The summed E-state index contributed by atoms with van der Waals surface area (Å²) in [6.07, 6.45) is 1.67. The van der Waals surface area contributed by atoms with Crippen molar-refractivity contribution in [2.75, 3.05) is 0 Å². The molecule has 2 rings (SSSR count). The molecule has 0 amide bonds. The summed E-state index contributed by atoms with van der Waals surface area (Å²) in [7, 11) is 0. The molecular formula is C10H8ClFN2. The number of rotatable bonds is 2. The van der Waals surface area contributed by atoms with Crippen LogP contribution in [0, 0.1) is 5.82 Å². The van der Waals surface area contributed by atoms with Crippen molar-refractivity contribution in [2.45, 2.75) is 5.88 Å². The smallest absolute Gasteiger partial charge is 0.137 e. The largest absolute Gasteiger partial charge is 0.341 e. The number of halogens is 2. The Morgan fingerprint density at radius 1 is 1.29 bits per heavy atom. The van der Waals surface area contributed by atoms with E-state index in [9.17, 15) is 4.39 Å². The quantitative estimate of drug-likeness (QED) is 0.759. The molecule has 4 heteroatoms. The van der Waals surface area contributed by atoms with Gasteiger partial charge in [0.1, 0.15) is 11.6 Å². The third-order valence-corrected chi connectivity index (χ3v) is 2.18. The molecule has 0 aliphatic rings. The molecule has 0 fully saturated rings. The van der Waals surface area contributed by atoms with Crippen LogP contribution in [0.2, 0.25) is 0 Å². The summed E-state index contributed by atoms with van der Waals surface area (Å²) < 4.78 is 12.6. The molecule has 72 valence electrons. The van der Waals surface area contributed by atoms with Crippen molar-refractivity contribution in [2.24, 2.45) is 0 Å². The van der Waals surface area contributed by atoms with Crippen LogP contribution in [0.5, 0.6) is 0 Å². The monoisotopic (exact) mass is 210 g/mol. The van der Waals surface area contributed by atoms with E-state index in [1.165, 1.54) is 12.1 Å².